The predicted octanol–water partition coefficient (Wildman–Crippen LogP) is 19.3. The maximum atomic E-state index is 14.3. The summed E-state index contributed by atoms with van der Waals surface area (Å²) in [7, 11) is 10.4. The van der Waals surface area contributed by atoms with E-state index >= 15 is 0 Å². The minimum absolute atomic E-state index is 0.0164. The van der Waals surface area contributed by atoms with Crippen LogP contribution in [0, 0.1) is 74.2 Å². The Morgan fingerprint density at radius 3 is 1.47 bits per heavy atom. The lowest BCUT2D eigenvalue weighted by molar-refractivity contribution is -0.387. The van der Waals surface area contributed by atoms with Gasteiger partial charge in [0.2, 0.25) is 17.6 Å². The van der Waals surface area contributed by atoms with E-state index in [4.69, 9.17) is 33.8 Å². The first-order valence-electron chi connectivity index (χ1n) is 40.2. The molecule has 2 fully saturated rings. The van der Waals surface area contributed by atoms with Crippen molar-refractivity contribution in [3.05, 3.63) is 300 Å². The lowest BCUT2D eigenvalue weighted by Gasteiger charge is -2.10. The maximum Gasteiger partial charge on any atom is 0.305 e. The molecular formula is C95H78F10N16O12. The van der Waals surface area contributed by atoms with Crippen molar-refractivity contribution in [1.82, 2.24) is 60.5 Å². The Labute approximate surface area is 747 Å². The Kier molecular flexibility index (Phi) is 28.1. The fourth-order valence-corrected chi connectivity index (χ4v) is 13.6. The van der Waals surface area contributed by atoms with E-state index in [9.17, 15) is 73.5 Å². The van der Waals surface area contributed by atoms with Crippen molar-refractivity contribution in [3.8, 4) is 28.7 Å². The van der Waals surface area contributed by atoms with Gasteiger partial charge in [-0.15, -0.1) is 0 Å². The molecule has 0 spiro atoms. The zero-order valence-corrected chi connectivity index (χ0v) is 71.3. The van der Waals surface area contributed by atoms with Crippen LogP contribution in [-0.2, 0) is 30.2 Å². The van der Waals surface area contributed by atoms with Gasteiger partial charge in [-0.3, -0.25) is 49.2 Å². The molecule has 133 heavy (non-hydrogen) atoms. The SMILES string of the molecule is COc1c(C(=O)NCc2ncco2)ccc2n[nH]c(/C=C/c3ccc(F)cc3F)c12.COc1cc(/C=C/c2n[nH]c3cc(F)c(NC(=O)C4(O)CC4)cc23)ccc1F.COc1cc(/C=C/c2n[nH]c3cc(F)c(NC(=O)C4CC4)cc23)ccc1F.COc1cc(/C=C/c2nn(C)c3cc(F)c(N)cc23)ccc1F.COc1cc(/C=C/c2nn(C)c3cc(F)c([N+](=O)[O-])cc23)ccc1F. The summed E-state index contributed by atoms with van der Waals surface area (Å²) in [6.07, 6.45) is 22.1. The van der Waals surface area contributed by atoms with Crippen LogP contribution in [0.3, 0.4) is 0 Å². The molecule has 0 bridgehead atoms. The molecule has 16 aromatic rings. The number of methoxy groups -OCH3 is 5. The van der Waals surface area contributed by atoms with Crippen LogP contribution in [-0.4, -0.2) is 124 Å². The zero-order chi connectivity index (χ0) is 94.6. The summed E-state index contributed by atoms with van der Waals surface area (Å²) in [5, 5.41) is 61.0. The number of carbonyl (C=O) groups is 3. The summed E-state index contributed by atoms with van der Waals surface area (Å²) in [6.45, 7) is 0.120. The highest BCUT2D eigenvalue weighted by atomic mass is 19.2. The number of H-pyrrole nitrogens is 3. The molecule has 28 nitrogen and oxygen atoms in total. The van der Waals surface area contributed by atoms with Crippen LogP contribution in [0.15, 0.2) is 169 Å². The van der Waals surface area contributed by atoms with E-state index in [1.807, 2.05) is 0 Å². The molecule has 2 aliphatic carbocycles. The molecule has 0 aliphatic heterocycles. The molecule has 680 valence electrons. The van der Waals surface area contributed by atoms with E-state index < -0.39 is 80.3 Å². The van der Waals surface area contributed by atoms with Crippen LogP contribution in [0.1, 0.15) is 98.2 Å². The van der Waals surface area contributed by atoms with Crippen molar-refractivity contribution >= 4 is 156 Å². The highest BCUT2D eigenvalue weighted by Gasteiger charge is 2.48. The Morgan fingerprint density at radius 1 is 0.526 bits per heavy atom. The number of hydrogen-bond acceptors (Lipinski definition) is 19. The van der Waals surface area contributed by atoms with Gasteiger partial charge in [-0.1, -0.05) is 48.6 Å². The predicted molar refractivity (Wildman–Crippen MR) is 482 cm³/mol. The van der Waals surface area contributed by atoms with E-state index in [1.54, 1.807) is 140 Å². The zero-order valence-electron chi connectivity index (χ0n) is 71.3. The quantitative estimate of drug-likeness (QED) is 0.0128. The summed E-state index contributed by atoms with van der Waals surface area (Å²) in [6, 6.07) is 35.1. The van der Waals surface area contributed by atoms with Crippen LogP contribution in [0.5, 0.6) is 28.7 Å². The summed E-state index contributed by atoms with van der Waals surface area (Å²) >= 11 is 0. The number of halogens is 10. The van der Waals surface area contributed by atoms with Crippen molar-refractivity contribution in [2.24, 2.45) is 20.0 Å². The molecule has 6 heterocycles. The minimum Gasteiger partial charge on any atom is -0.495 e. The number of aromatic amines is 3. The van der Waals surface area contributed by atoms with E-state index in [0.29, 0.717) is 119 Å². The molecule has 2 aliphatic rings. The number of nitrogens with zero attached hydrogens (tertiary/aromatic N) is 9. The number of rotatable bonds is 23. The van der Waals surface area contributed by atoms with E-state index in [-0.39, 0.29) is 69.9 Å². The molecule has 0 saturated heterocycles. The molecule has 38 heteroatoms. The Balaban J connectivity index is 0.000000134. The van der Waals surface area contributed by atoms with Gasteiger partial charge in [0.05, 0.1) is 137 Å². The van der Waals surface area contributed by atoms with Crippen LogP contribution in [0.4, 0.5) is 66.7 Å². The molecule has 0 radical (unpaired) electrons. The Morgan fingerprint density at radius 2 is 1.02 bits per heavy atom. The van der Waals surface area contributed by atoms with Gasteiger partial charge in [0.25, 0.3) is 11.8 Å². The largest absolute Gasteiger partial charge is 0.495 e. The number of ether oxygens (including phenoxy) is 5. The van der Waals surface area contributed by atoms with Gasteiger partial charge in [0.1, 0.15) is 46.7 Å². The first-order valence-corrected chi connectivity index (χ1v) is 40.2. The second-order valence-electron chi connectivity index (χ2n) is 29.9. The number of fused-ring (bicyclic) bond motifs is 5. The fraction of sp³-hybridized carbons (Fsp3) is 0.147. The molecule has 6 aromatic heterocycles. The van der Waals surface area contributed by atoms with Crippen LogP contribution >= 0.6 is 0 Å². The summed E-state index contributed by atoms with van der Waals surface area (Å²) in [5.41, 5.74) is 12.4. The van der Waals surface area contributed by atoms with Crippen LogP contribution in [0.2, 0.25) is 0 Å². The molecule has 18 rings (SSSR count). The molecule has 0 atom stereocenters. The molecule has 9 N–H and O–H groups in total. The number of nitrogen functional groups attached to an aromatic ring is 1. The summed E-state index contributed by atoms with van der Waals surface area (Å²) in [5.74, 6) is -5.62. The lowest BCUT2D eigenvalue weighted by atomic mass is 10.1. The summed E-state index contributed by atoms with van der Waals surface area (Å²) < 4.78 is 170. The number of aryl methyl sites for hydroxylation is 2. The molecular weight excluding hydrogens is 1750 g/mol. The number of anilines is 3. The number of nitrogens with two attached hydrogens (primary N) is 1. The number of carbonyl (C=O) groups excluding carboxylic acids is 3. The first kappa shape index (κ1) is 92.5. The van der Waals surface area contributed by atoms with E-state index in [2.05, 4.69) is 61.7 Å². The van der Waals surface area contributed by atoms with Gasteiger partial charge in [0, 0.05) is 83.5 Å². The minimum atomic E-state index is -1.40. The fourth-order valence-electron chi connectivity index (χ4n) is 13.6. The average Bonchev–Trinajstić information content (AvgIpc) is 1.66. The highest BCUT2D eigenvalue weighted by molar-refractivity contribution is 6.06. The number of benzene rings is 10. The molecule has 3 amide bonds. The van der Waals surface area contributed by atoms with Crippen molar-refractivity contribution in [2.75, 3.05) is 51.9 Å². The van der Waals surface area contributed by atoms with Gasteiger partial charge in [0.15, 0.2) is 46.3 Å². The van der Waals surface area contributed by atoms with Gasteiger partial charge >= 0.3 is 5.69 Å². The molecule has 2 saturated carbocycles. The third kappa shape index (κ3) is 21.7. The number of amides is 3. The maximum absolute atomic E-state index is 14.3. The van der Waals surface area contributed by atoms with E-state index in [1.165, 1.54) is 125 Å². The average molecular weight is 1830 g/mol. The first-order chi connectivity index (χ1) is 63.9. The van der Waals surface area contributed by atoms with Gasteiger partial charge in [-0.2, -0.15) is 29.9 Å². The highest BCUT2D eigenvalue weighted by Crippen LogP contribution is 2.39. The van der Waals surface area contributed by atoms with Gasteiger partial charge in [-0.25, -0.2) is 44.5 Å². The van der Waals surface area contributed by atoms with Crippen LogP contribution < -0.4 is 45.4 Å². The molecule has 10 aromatic carbocycles. The van der Waals surface area contributed by atoms with Crippen molar-refractivity contribution in [1.29, 1.82) is 0 Å². The number of aliphatic hydroxyl groups is 1. The second-order valence-corrected chi connectivity index (χ2v) is 29.9. The monoisotopic (exact) mass is 1820 g/mol. The lowest BCUT2D eigenvalue weighted by Crippen LogP contribution is -2.29. The topological polar surface area (TPSA) is 371 Å². The van der Waals surface area contributed by atoms with E-state index in [0.717, 1.165) is 47.6 Å². The van der Waals surface area contributed by atoms with Crippen molar-refractivity contribution < 1.29 is 96.4 Å². The smallest absolute Gasteiger partial charge is 0.305 e. The number of aromatic nitrogens is 11. The van der Waals surface area contributed by atoms with Gasteiger partial charge < -0.3 is 54.9 Å². The normalized spacial score (nSPS) is 12.7. The summed E-state index contributed by atoms with van der Waals surface area (Å²) in [4.78, 5) is 50.7. The Bertz CT molecular complexity index is 7300. The Hall–Kier alpha value is -16.7. The standard InChI is InChI=1S/C21H16F2N4O3.C20H17F2N3O3.C20H17F2N3O2.C17H13F2N3O3.C17H15F2N3O/c1-29-20-14(21(28)25-11-18-24-8-9-30-18)5-7-17-19(20)16(26-27-17)6-3-12-2-4-13(22)10-15(12)23;1-28-18-8-11(2-4-13(18)21)3-5-15-12-9-17(14(22)10-16(12)25-24-15)23-19(26)20(27)6-7-20;1-27-19-8-11(2-6-14(19)21)3-7-16-13-9-18(23-20(26)12-4-5-12)15(22)10-17(13)25-24-16;1-21-15-9-13(19)16(22(23)24)8-11(15)14(20-21)6-4-10-3-5-12(18)17(7-10)25-2;1-22-16-9-13(19)14(20)8-11(16)15(21-22)6-4-10-3-5-12(18)17(7-10)23-2/h2-10H,11H2,1H3,(H,25,28)(H,26,27);2-5,8-10,27H,6-7H2,1H3,(H,23,26)(H,24,25);2-3,6-10,12H,4-5H2,1H3,(H,23,26)(H,24,25);3-9H,1-2H3;3-9H,20H2,1-2H3/b6-3+;5-3+;7-3+;2*6-4+. The van der Waals surface area contributed by atoms with Crippen LogP contribution in [0.25, 0.3) is 115 Å². The number of nitro benzene ring substituents is 1. The third-order valence-electron chi connectivity index (χ3n) is 21.0. The number of nitro groups is 1. The number of hydrogen-bond donors (Lipinski definition) is 8. The number of oxazole rings is 1. The molecule has 0 unspecified atom stereocenters. The third-order valence-corrected chi connectivity index (χ3v) is 21.0. The van der Waals surface area contributed by atoms with Gasteiger partial charge in [-0.05, 0) is 175 Å². The van der Waals surface area contributed by atoms with Crippen molar-refractivity contribution in [3.63, 3.8) is 0 Å². The van der Waals surface area contributed by atoms with Crippen molar-refractivity contribution in [2.45, 2.75) is 37.8 Å². The second kappa shape index (κ2) is 40.3. The number of nitrogens with one attached hydrogen (secondary N) is 6.